The van der Waals surface area contributed by atoms with Crippen molar-refractivity contribution in [1.82, 2.24) is 10.3 Å². The lowest BCUT2D eigenvalue weighted by Gasteiger charge is -2.19. The monoisotopic (exact) mass is 322 g/mol. The zero-order chi connectivity index (χ0) is 13.7. The van der Waals surface area contributed by atoms with Crippen molar-refractivity contribution in [3.63, 3.8) is 0 Å². The summed E-state index contributed by atoms with van der Waals surface area (Å²) in [6.07, 6.45) is 4.45. The quantitative estimate of drug-likeness (QED) is 0.903. The smallest absolute Gasteiger partial charge is 0.124 e. The van der Waals surface area contributed by atoms with Gasteiger partial charge in [0.2, 0.25) is 0 Å². The van der Waals surface area contributed by atoms with Gasteiger partial charge in [-0.2, -0.15) is 0 Å². The zero-order valence-electron chi connectivity index (χ0n) is 10.7. The maximum Gasteiger partial charge on any atom is 0.124 e. The van der Waals surface area contributed by atoms with Gasteiger partial charge in [-0.1, -0.05) is 35.0 Å². The van der Waals surface area contributed by atoms with Gasteiger partial charge in [0.25, 0.3) is 0 Å². The number of likely N-dealkylation sites (N-methyl/N-ethyl adjacent to an activating group) is 1. The Morgan fingerprint density at radius 2 is 2.21 bits per heavy atom. The molecule has 0 saturated heterocycles. The van der Waals surface area contributed by atoms with E-state index in [0.717, 1.165) is 28.6 Å². The molecule has 100 valence electrons. The third-order valence-corrected chi connectivity index (χ3v) is 3.64. The molecule has 0 bridgehead atoms. The first-order chi connectivity index (χ1) is 9.20. The minimum Gasteiger partial charge on any atom is -0.310 e. The van der Waals surface area contributed by atoms with Gasteiger partial charge in [-0.3, -0.25) is 4.98 Å². The lowest BCUT2D eigenvalue weighted by Crippen LogP contribution is -2.23. The van der Waals surface area contributed by atoms with Crippen molar-refractivity contribution in [3.8, 4) is 0 Å². The molecule has 0 fully saturated rings. The van der Waals surface area contributed by atoms with Gasteiger partial charge in [0.05, 0.1) is 0 Å². The highest BCUT2D eigenvalue weighted by atomic mass is 79.9. The Morgan fingerprint density at radius 3 is 2.84 bits per heavy atom. The second kappa shape index (κ2) is 6.78. The minimum absolute atomic E-state index is 0.143. The molecular weight excluding hydrogens is 307 g/mol. The number of hydrogen-bond acceptors (Lipinski definition) is 2. The molecule has 1 N–H and O–H groups in total. The van der Waals surface area contributed by atoms with E-state index < -0.39 is 0 Å². The van der Waals surface area contributed by atoms with Crippen LogP contribution in [0.3, 0.4) is 0 Å². The molecule has 2 rings (SSSR count). The van der Waals surface area contributed by atoms with Crippen molar-refractivity contribution in [2.24, 2.45) is 0 Å². The third kappa shape index (κ3) is 3.85. The van der Waals surface area contributed by atoms with Crippen molar-refractivity contribution in [2.75, 3.05) is 6.54 Å². The van der Waals surface area contributed by atoms with Gasteiger partial charge in [0.15, 0.2) is 0 Å². The van der Waals surface area contributed by atoms with E-state index in [2.05, 4.69) is 39.2 Å². The number of halogens is 2. The van der Waals surface area contributed by atoms with Crippen LogP contribution in [0.2, 0.25) is 0 Å². The molecule has 19 heavy (non-hydrogen) atoms. The van der Waals surface area contributed by atoms with E-state index in [-0.39, 0.29) is 11.9 Å². The number of benzene rings is 1. The molecular formula is C15H16BrFN2. The Hall–Kier alpha value is -1.26. The Labute approximate surface area is 121 Å². The molecule has 1 aromatic carbocycles. The number of rotatable bonds is 5. The lowest BCUT2D eigenvalue weighted by molar-refractivity contribution is 0.544. The van der Waals surface area contributed by atoms with Gasteiger partial charge in [-0.25, -0.2) is 4.39 Å². The molecule has 4 heteroatoms. The molecule has 0 aliphatic rings. The van der Waals surface area contributed by atoms with E-state index in [9.17, 15) is 4.39 Å². The zero-order valence-corrected chi connectivity index (χ0v) is 12.3. The first kappa shape index (κ1) is 14.2. The van der Waals surface area contributed by atoms with Crippen molar-refractivity contribution < 1.29 is 4.39 Å². The average Bonchev–Trinajstić information content (AvgIpc) is 2.39. The van der Waals surface area contributed by atoms with E-state index in [1.54, 1.807) is 6.20 Å². The predicted molar refractivity (Wildman–Crippen MR) is 78.5 cm³/mol. The van der Waals surface area contributed by atoms with Crippen LogP contribution in [0.25, 0.3) is 0 Å². The van der Waals surface area contributed by atoms with Crippen LogP contribution in [-0.4, -0.2) is 11.5 Å². The van der Waals surface area contributed by atoms with E-state index in [4.69, 9.17) is 0 Å². The first-order valence-corrected chi connectivity index (χ1v) is 7.07. The summed E-state index contributed by atoms with van der Waals surface area (Å²) < 4.78 is 14.0. The summed E-state index contributed by atoms with van der Waals surface area (Å²) >= 11 is 3.44. The van der Waals surface area contributed by atoms with Crippen molar-refractivity contribution in [2.45, 2.75) is 19.4 Å². The standard InChI is InChI=1S/C15H16BrFN2/c1-2-19-15(8-11-4-3-7-18-10-11)13-6-5-12(17)9-14(13)16/h3-7,9-10,15,19H,2,8H2,1H3. The van der Waals surface area contributed by atoms with Crippen LogP contribution in [0.4, 0.5) is 4.39 Å². The second-order valence-corrected chi connectivity index (χ2v) is 5.20. The van der Waals surface area contributed by atoms with Crippen LogP contribution in [0, 0.1) is 5.82 Å². The van der Waals surface area contributed by atoms with Crippen LogP contribution in [0.5, 0.6) is 0 Å². The van der Waals surface area contributed by atoms with Gasteiger partial charge in [0, 0.05) is 22.9 Å². The van der Waals surface area contributed by atoms with Crippen LogP contribution in [-0.2, 0) is 6.42 Å². The van der Waals surface area contributed by atoms with E-state index in [1.165, 1.54) is 12.1 Å². The number of pyridine rings is 1. The SMILES string of the molecule is CCNC(Cc1cccnc1)c1ccc(F)cc1Br. The maximum absolute atomic E-state index is 13.2. The molecule has 1 heterocycles. The summed E-state index contributed by atoms with van der Waals surface area (Å²) in [5.41, 5.74) is 2.22. The Morgan fingerprint density at radius 1 is 1.37 bits per heavy atom. The molecule has 0 aliphatic heterocycles. The highest BCUT2D eigenvalue weighted by molar-refractivity contribution is 9.10. The predicted octanol–water partition coefficient (Wildman–Crippen LogP) is 3.88. The molecule has 0 saturated carbocycles. The molecule has 0 spiro atoms. The average molecular weight is 323 g/mol. The number of hydrogen-bond donors (Lipinski definition) is 1. The number of nitrogens with zero attached hydrogens (tertiary/aromatic N) is 1. The van der Waals surface area contributed by atoms with E-state index >= 15 is 0 Å². The summed E-state index contributed by atoms with van der Waals surface area (Å²) in [6, 6.07) is 8.94. The fraction of sp³-hybridized carbons (Fsp3) is 0.267. The lowest BCUT2D eigenvalue weighted by atomic mass is 10.00. The van der Waals surface area contributed by atoms with Crippen LogP contribution in [0.1, 0.15) is 24.1 Å². The minimum atomic E-state index is -0.229. The summed E-state index contributed by atoms with van der Waals surface area (Å²) in [4.78, 5) is 4.13. The van der Waals surface area contributed by atoms with Gasteiger partial charge < -0.3 is 5.32 Å². The summed E-state index contributed by atoms with van der Waals surface area (Å²) in [7, 11) is 0. The van der Waals surface area contributed by atoms with Gasteiger partial charge >= 0.3 is 0 Å². The number of nitrogens with one attached hydrogen (secondary N) is 1. The normalized spacial score (nSPS) is 12.4. The topological polar surface area (TPSA) is 24.9 Å². The first-order valence-electron chi connectivity index (χ1n) is 6.28. The fourth-order valence-electron chi connectivity index (χ4n) is 2.08. The molecule has 2 nitrogen and oxygen atoms in total. The molecule has 0 amide bonds. The Balaban J connectivity index is 2.24. The van der Waals surface area contributed by atoms with Crippen LogP contribution < -0.4 is 5.32 Å². The molecule has 2 aromatic rings. The van der Waals surface area contributed by atoms with Gasteiger partial charge in [-0.15, -0.1) is 0 Å². The maximum atomic E-state index is 13.2. The van der Waals surface area contributed by atoms with Crippen molar-refractivity contribution >= 4 is 15.9 Å². The van der Waals surface area contributed by atoms with Crippen molar-refractivity contribution in [3.05, 3.63) is 64.1 Å². The number of aromatic nitrogens is 1. The molecule has 1 atom stereocenters. The molecule has 0 aliphatic carbocycles. The largest absolute Gasteiger partial charge is 0.310 e. The van der Waals surface area contributed by atoms with Gasteiger partial charge in [0.1, 0.15) is 5.82 Å². The highest BCUT2D eigenvalue weighted by Gasteiger charge is 2.14. The highest BCUT2D eigenvalue weighted by Crippen LogP contribution is 2.26. The fourth-order valence-corrected chi connectivity index (χ4v) is 2.70. The van der Waals surface area contributed by atoms with Crippen LogP contribution >= 0.6 is 15.9 Å². The molecule has 1 unspecified atom stereocenters. The van der Waals surface area contributed by atoms with Crippen LogP contribution in [0.15, 0.2) is 47.2 Å². The Bertz CT molecular complexity index is 531. The molecule has 0 radical (unpaired) electrons. The van der Waals surface area contributed by atoms with Crippen molar-refractivity contribution in [1.29, 1.82) is 0 Å². The third-order valence-electron chi connectivity index (χ3n) is 2.95. The summed E-state index contributed by atoms with van der Waals surface area (Å²) in [5.74, 6) is -0.229. The molecule has 1 aromatic heterocycles. The summed E-state index contributed by atoms with van der Waals surface area (Å²) in [5, 5.41) is 3.43. The summed E-state index contributed by atoms with van der Waals surface area (Å²) in [6.45, 7) is 2.92. The Kier molecular flexibility index (Phi) is 5.05. The van der Waals surface area contributed by atoms with E-state index in [1.807, 2.05) is 18.3 Å². The van der Waals surface area contributed by atoms with Gasteiger partial charge in [-0.05, 0) is 42.3 Å². The van der Waals surface area contributed by atoms with E-state index in [0.29, 0.717) is 0 Å². The second-order valence-electron chi connectivity index (χ2n) is 4.34.